The van der Waals surface area contributed by atoms with Crippen molar-refractivity contribution < 1.29 is 0 Å². The largest absolute Gasteiger partial charge is 0.365 e. The van der Waals surface area contributed by atoms with Crippen molar-refractivity contribution in [2.24, 2.45) is 5.10 Å². The summed E-state index contributed by atoms with van der Waals surface area (Å²) in [6, 6.07) is 7.23. The van der Waals surface area contributed by atoms with Crippen LogP contribution in [0.15, 0.2) is 29.4 Å². The van der Waals surface area contributed by atoms with Crippen molar-refractivity contribution in [2.75, 3.05) is 5.73 Å². The summed E-state index contributed by atoms with van der Waals surface area (Å²) in [5.41, 5.74) is 6.27. The number of nitrogens with zero attached hydrogens (tertiary/aromatic N) is 5. The van der Waals surface area contributed by atoms with Crippen LogP contribution in [0, 0.1) is 0 Å². The van der Waals surface area contributed by atoms with Gasteiger partial charge in [0.15, 0.2) is 0 Å². The zero-order valence-electron chi connectivity index (χ0n) is 7.58. The SMILES string of the molecule is Nc1nnnn1/N=C/c1cccc(Cl)c1. The molecule has 0 bridgehead atoms. The summed E-state index contributed by atoms with van der Waals surface area (Å²) in [6.45, 7) is 0. The highest BCUT2D eigenvalue weighted by Crippen LogP contribution is 2.08. The molecular weight excluding hydrogens is 216 g/mol. The highest BCUT2D eigenvalue weighted by atomic mass is 35.5. The molecule has 0 spiro atoms. The van der Waals surface area contributed by atoms with Crippen molar-refractivity contribution in [1.82, 2.24) is 20.3 Å². The quantitative estimate of drug-likeness (QED) is 0.762. The second-order valence-corrected chi connectivity index (χ2v) is 3.16. The molecule has 0 fully saturated rings. The van der Waals surface area contributed by atoms with Gasteiger partial charge in [-0.1, -0.05) is 33.6 Å². The highest BCUT2D eigenvalue weighted by molar-refractivity contribution is 6.30. The van der Waals surface area contributed by atoms with Crippen molar-refractivity contribution in [1.29, 1.82) is 0 Å². The molecule has 76 valence electrons. The fourth-order valence-corrected chi connectivity index (χ4v) is 1.18. The van der Waals surface area contributed by atoms with Crippen LogP contribution in [0.1, 0.15) is 5.56 Å². The van der Waals surface area contributed by atoms with Crippen LogP contribution in [0.3, 0.4) is 0 Å². The normalized spacial score (nSPS) is 11.0. The predicted molar refractivity (Wildman–Crippen MR) is 56.7 cm³/mol. The van der Waals surface area contributed by atoms with E-state index < -0.39 is 0 Å². The number of anilines is 1. The van der Waals surface area contributed by atoms with Gasteiger partial charge in [0.1, 0.15) is 0 Å². The molecule has 0 atom stereocenters. The lowest BCUT2D eigenvalue weighted by molar-refractivity contribution is 0.699. The van der Waals surface area contributed by atoms with Crippen LogP contribution in [0.4, 0.5) is 5.95 Å². The Balaban J connectivity index is 2.22. The summed E-state index contributed by atoms with van der Waals surface area (Å²) >= 11 is 5.80. The van der Waals surface area contributed by atoms with E-state index in [0.717, 1.165) is 10.4 Å². The first-order valence-corrected chi connectivity index (χ1v) is 4.47. The summed E-state index contributed by atoms with van der Waals surface area (Å²) in [5, 5.41) is 15.0. The first-order chi connectivity index (χ1) is 7.25. The second kappa shape index (κ2) is 4.05. The highest BCUT2D eigenvalue weighted by Gasteiger charge is 1.96. The Labute approximate surface area is 90.3 Å². The van der Waals surface area contributed by atoms with Crippen molar-refractivity contribution in [3.8, 4) is 0 Å². The van der Waals surface area contributed by atoms with Crippen molar-refractivity contribution >= 4 is 23.8 Å². The molecule has 0 unspecified atom stereocenters. The number of rotatable bonds is 2. The van der Waals surface area contributed by atoms with E-state index in [-0.39, 0.29) is 5.95 Å². The van der Waals surface area contributed by atoms with Gasteiger partial charge in [-0.15, -0.1) is 0 Å². The Kier molecular flexibility index (Phi) is 2.59. The van der Waals surface area contributed by atoms with Crippen LogP contribution in [-0.4, -0.2) is 26.5 Å². The second-order valence-electron chi connectivity index (χ2n) is 2.73. The topological polar surface area (TPSA) is 82.0 Å². The molecule has 1 heterocycles. The lowest BCUT2D eigenvalue weighted by Crippen LogP contribution is -1.99. The zero-order chi connectivity index (χ0) is 10.7. The number of hydrogen-bond donors (Lipinski definition) is 1. The van der Waals surface area contributed by atoms with E-state index in [1.54, 1.807) is 18.3 Å². The number of nitrogens with two attached hydrogens (primary N) is 1. The molecule has 0 aliphatic carbocycles. The number of tetrazole rings is 1. The average molecular weight is 223 g/mol. The maximum absolute atomic E-state index is 5.80. The maximum Gasteiger partial charge on any atom is 0.263 e. The molecule has 2 rings (SSSR count). The fourth-order valence-electron chi connectivity index (χ4n) is 0.980. The molecule has 2 aromatic rings. The Morgan fingerprint density at radius 1 is 1.47 bits per heavy atom. The van der Waals surface area contributed by atoms with E-state index in [9.17, 15) is 0 Å². The van der Waals surface area contributed by atoms with E-state index in [1.807, 2.05) is 12.1 Å². The first-order valence-electron chi connectivity index (χ1n) is 4.09. The molecule has 0 aliphatic heterocycles. The molecule has 7 heteroatoms. The van der Waals surface area contributed by atoms with Crippen molar-refractivity contribution in [3.05, 3.63) is 34.9 Å². The summed E-state index contributed by atoms with van der Waals surface area (Å²) in [4.78, 5) is 1.13. The smallest absolute Gasteiger partial charge is 0.263 e. The Hall–Kier alpha value is -1.95. The molecule has 0 amide bonds. The third-order valence-electron chi connectivity index (χ3n) is 1.64. The number of nitrogen functional groups attached to an aromatic ring is 1. The van der Waals surface area contributed by atoms with E-state index in [1.165, 1.54) is 0 Å². The minimum atomic E-state index is 0.133. The lowest BCUT2D eigenvalue weighted by atomic mass is 10.2. The summed E-state index contributed by atoms with van der Waals surface area (Å²) < 4.78 is 0. The lowest BCUT2D eigenvalue weighted by Gasteiger charge is -1.93. The van der Waals surface area contributed by atoms with Crippen LogP contribution in [0.5, 0.6) is 0 Å². The van der Waals surface area contributed by atoms with E-state index in [2.05, 4.69) is 20.6 Å². The van der Waals surface area contributed by atoms with Gasteiger partial charge in [-0.05, 0) is 28.1 Å². The number of hydrogen-bond acceptors (Lipinski definition) is 5. The minimum Gasteiger partial charge on any atom is -0.365 e. The summed E-state index contributed by atoms with van der Waals surface area (Å²) in [5.74, 6) is 0.133. The maximum atomic E-state index is 5.80. The zero-order valence-corrected chi connectivity index (χ0v) is 8.33. The van der Waals surface area contributed by atoms with Crippen LogP contribution in [-0.2, 0) is 0 Å². The Morgan fingerprint density at radius 2 is 2.33 bits per heavy atom. The van der Waals surface area contributed by atoms with Gasteiger partial charge in [-0.25, -0.2) is 0 Å². The van der Waals surface area contributed by atoms with Crippen molar-refractivity contribution in [3.63, 3.8) is 0 Å². The molecule has 0 saturated heterocycles. The molecule has 0 aliphatic rings. The van der Waals surface area contributed by atoms with Gasteiger partial charge >= 0.3 is 0 Å². The van der Waals surface area contributed by atoms with Gasteiger partial charge in [0.25, 0.3) is 5.95 Å². The standard InChI is InChI=1S/C8H7ClN6/c9-7-3-1-2-6(4-7)5-11-15-8(10)12-13-14-15/h1-5H,(H2,10,12,14)/b11-5+. The van der Waals surface area contributed by atoms with Crippen LogP contribution < -0.4 is 5.73 Å². The molecule has 0 radical (unpaired) electrons. The molecule has 1 aromatic carbocycles. The van der Waals surface area contributed by atoms with E-state index in [0.29, 0.717) is 5.02 Å². The number of aromatic nitrogens is 4. The molecule has 1 aromatic heterocycles. The summed E-state index contributed by atoms with van der Waals surface area (Å²) in [6.07, 6.45) is 1.57. The van der Waals surface area contributed by atoms with Crippen LogP contribution >= 0.6 is 11.6 Å². The van der Waals surface area contributed by atoms with Crippen molar-refractivity contribution in [2.45, 2.75) is 0 Å². The van der Waals surface area contributed by atoms with Gasteiger partial charge in [-0.3, -0.25) is 0 Å². The predicted octanol–water partition coefficient (Wildman–Crippen LogP) is 0.791. The third kappa shape index (κ3) is 2.29. The molecule has 2 N–H and O–H groups in total. The Morgan fingerprint density at radius 3 is 3.00 bits per heavy atom. The average Bonchev–Trinajstić information content (AvgIpc) is 2.61. The van der Waals surface area contributed by atoms with Crippen LogP contribution in [0.25, 0.3) is 0 Å². The molecule has 15 heavy (non-hydrogen) atoms. The van der Waals surface area contributed by atoms with E-state index >= 15 is 0 Å². The van der Waals surface area contributed by atoms with Gasteiger partial charge < -0.3 is 5.73 Å². The molecule has 0 saturated carbocycles. The van der Waals surface area contributed by atoms with Gasteiger partial charge in [0.05, 0.1) is 6.21 Å². The third-order valence-corrected chi connectivity index (χ3v) is 1.88. The van der Waals surface area contributed by atoms with E-state index in [4.69, 9.17) is 17.3 Å². The number of halogens is 1. The van der Waals surface area contributed by atoms with Gasteiger partial charge in [0.2, 0.25) is 0 Å². The van der Waals surface area contributed by atoms with Crippen LogP contribution in [0.2, 0.25) is 5.02 Å². The monoisotopic (exact) mass is 222 g/mol. The summed E-state index contributed by atoms with van der Waals surface area (Å²) in [7, 11) is 0. The first kappa shape index (κ1) is 9.60. The molecular formula is C8H7ClN6. The fraction of sp³-hybridized carbons (Fsp3) is 0. The van der Waals surface area contributed by atoms with Gasteiger partial charge in [0, 0.05) is 5.02 Å². The molecule has 6 nitrogen and oxygen atoms in total. The Bertz CT molecular complexity index is 491. The minimum absolute atomic E-state index is 0.133. The number of benzene rings is 1. The van der Waals surface area contributed by atoms with Gasteiger partial charge in [-0.2, -0.15) is 5.10 Å².